The molecule has 20 heavy (non-hydrogen) atoms. The second-order valence-electron chi connectivity index (χ2n) is 5.09. The number of urea groups is 1. The maximum absolute atomic E-state index is 11.8. The third kappa shape index (κ3) is 5.71. The Morgan fingerprint density at radius 3 is 2.65 bits per heavy atom. The van der Waals surface area contributed by atoms with Crippen LogP contribution >= 0.6 is 0 Å². The van der Waals surface area contributed by atoms with E-state index in [1.165, 1.54) is 0 Å². The van der Waals surface area contributed by atoms with Crippen molar-refractivity contribution in [1.29, 1.82) is 0 Å². The zero-order chi connectivity index (χ0) is 15.1. The Bertz CT molecular complexity index is 477. The van der Waals surface area contributed by atoms with Crippen LogP contribution < -0.4 is 10.6 Å². The molecule has 1 aromatic rings. The molecule has 0 aliphatic rings. The van der Waals surface area contributed by atoms with Gasteiger partial charge in [0.1, 0.15) is 0 Å². The molecule has 0 heterocycles. The molecule has 6 heteroatoms. The van der Waals surface area contributed by atoms with Crippen LogP contribution in [0.15, 0.2) is 29.2 Å². The summed E-state index contributed by atoms with van der Waals surface area (Å²) >= 11 is 0. The number of amides is 2. The van der Waals surface area contributed by atoms with Crippen LogP contribution in [0.1, 0.15) is 20.3 Å². The van der Waals surface area contributed by atoms with Crippen molar-refractivity contribution in [2.75, 3.05) is 18.2 Å². The van der Waals surface area contributed by atoms with Crippen LogP contribution in [0.3, 0.4) is 0 Å². The Balaban J connectivity index is 2.61. The summed E-state index contributed by atoms with van der Waals surface area (Å²) in [5.41, 5.74) is 0.580. The first-order chi connectivity index (χ1) is 9.42. The number of carbonyl (C=O) groups is 1. The normalized spacial score (nSPS) is 13.8. The molecule has 3 N–H and O–H groups in total. The highest BCUT2D eigenvalue weighted by Gasteiger charge is 2.13. The second kappa shape index (κ2) is 8.01. The highest BCUT2D eigenvalue weighted by molar-refractivity contribution is 7.84. The van der Waals surface area contributed by atoms with E-state index < -0.39 is 10.8 Å². The average molecular weight is 298 g/mol. The largest absolute Gasteiger partial charge is 0.394 e. The lowest BCUT2D eigenvalue weighted by molar-refractivity contribution is 0.214. The van der Waals surface area contributed by atoms with Crippen molar-refractivity contribution >= 4 is 22.5 Å². The molecular formula is C14H22N2O3S. The van der Waals surface area contributed by atoms with E-state index in [9.17, 15) is 14.1 Å². The van der Waals surface area contributed by atoms with Gasteiger partial charge in [-0.1, -0.05) is 19.9 Å². The fourth-order valence-electron chi connectivity index (χ4n) is 1.85. The van der Waals surface area contributed by atoms with Crippen molar-refractivity contribution in [2.45, 2.75) is 31.2 Å². The summed E-state index contributed by atoms with van der Waals surface area (Å²) in [4.78, 5) is 12.5. The monoisotopic (exact) mass is 298 g/mol. The van der Waals surface area contributed by atoms with Gasteiger partial charge in [0.25, 0.3) is 0 Å². The van der Waals surface area contributed by atoms with Gasteiger partial charge in [-0.3, -0.25) is 4.21 Å². The SMILES string of the molecule is CC(C)CC(CO)NC(=O)Nc1cccc(S(C)=O)c1. The van der Waals surface area contributed by atoms with Crippen LogP contribution in [-0.4, -0.2) is 34.3 Å². The van der Waals surface area contributed by atoms with E-state index in [0.717, 1.165) is 0 Å². The zero-order valence-electron chi connectivity index (χ0n) is 12.1. The predicted molar refractivity (Wildman–Crippen MR) is 81.3 cm³/mol. The van der Waals surface area contributed by atoms with Crippen LogP contribution in [0.4, 0.5) is 10.5 Å². The van der Waals surface area contributed by atoms with E-state index in [1.54, 1.807) is 30.5 Å². The molecular weight excluding hydrogens is 276 g/mol. The maximum atomic E-state index is 11.8. The van der Waals surface area contributed by atoms with E-state index >= 15 is 0 Å². The number of aliphatic hydroxyl groups is 1. The van der Waals surface area contributed by atoms with Gasteiger partial charge in [0.2, 0.25) is 0 Å². The molecule has 2 unspecified atom stereocenters. The highest BCUT2D eigenvalue weighted by Crippen LogP contribution is 2.13. The van der Waals surface area contributed by atoms with Crippen molar-refractivity contribution in [3.63, 3.8) is 0 Å². The lowest BCUT2D eigenvalue weighted by Gasteiger charge is -2.18. The maximum Gasteiger partial charge on any atom is 0.319 e. The van der Waals surface area contributed by atoms with Crippen molar-refractivity contribution in [1.82, 2.24) is 5.32 Å². The first kappa shape index (κ1) is 16.7. The van der Waals surface area contributed by atoms with Gasteiger partial charge in [0, 0.05) is 27.6 Å². The summed E-state index contributed by atoms with van der Waals surface area (Å²) in [6.07, 6.45) is 2.30. The highest BCUT2D eigenvalue weighted by atomic mass is 32.2. The van der Waals surface area contributed by atoms with Gasteiger partial charge in [-0.05, 0) is 30.5 Å². The fourth-order valence-corrected chi connectivity index (χ4v) is 2.42. The van der Waals surface area contributed by atoms with E-state index in [4.69, 9.17) is 0 Å². The molecule has 5 nitrogen and oxygen atoms in total. The van der Waals surface area contributed by atoms with Gasteiger partial charge in [0.15, 0.2) is 0 Å². The molecule has 0 aliphatic heterocycles. The molecule has 1 rings (SSSR count). The summed E-state index contributed by atoms with van der Waals surface area (Å²) in [5.74, 6) is 0.387. The number of aliphatic hydroxyl groups excluding tert-OH is 1. The van der Waals surface area contributed by atoms with E-state index in [2.05, 4.69) is 10.6 Å². The smallest absolute Gasteiger partial charge is 0.319 e. The number of nitrogens with one attached hydrogen (secondary N) is 2. The van der Waals surface area contributed by atoms with Crippen molar-refractivity contribution < 1.29 is 14.1 Å². The quantitative estimate of drug-likeness (QED) is 0.751. The standard InChI is InChI=1S/C14H22N2O3S/c1-10(2)7-12(9-17)16-14(18)15-11-5-4-6-13(8-11)20(3)19/h4-6,8,10,12,17H,7,9H2,1-3H3,(H2,15,16,18). The van der Waals surface area contributed by atoms with Gasteiger partial charge in [-0.2, -0.15) is 0 Å². The Kier molecular flexibility index (Phi) is 6.67. The van der Waals surface area contributed by atoms with E-state index in [0.29, 0.717) is 22.9 Å². The minimum absolute atomic E-state index is 0.0926. The number of benzene rings is 1. The van der Waals surface area contributed by atoms with Gasteiger partial charge in [-0.15, -0.1) is 0 Å². The van der Waals surface area contributed by atoms with Crippen molar-refractivity contribution in [2.24, 2.45) is 5.92 Å². The number of hydrogen-bond donors (Lipinski definition) is 3. The van der Waals surface area contributed by atoms with Crippen LogP contribution in [0.25, 0.3) is 0 Å². The summed E-state index contributed by atoms with van der Waals surface area (Å²) in [7, 11) is -1.09. The van der Waals surface area contributed by atoms with Crippen LogP contribution in [0.5, 0.6) is 0 Å². The topological polar surface area (TPSA) is 78.4 Å². The average Bonchev–Trinajstić information content (AvgIpc) is 2.37. The molecule has 0 spiro atoms. The molecule has 0 aliphatic carbocycles. The molecule has 0 saturated carbocycles. The first-order valence-corrected chi connectivity index (χ1v) is 8.10. The number of hydrogen-bond acceptors (Lipinski definition) is 3. The molecule has 0 fully saturated rings. The van der Waals surface area contributed by atoms with Crippen molar-refractivity contribution in [3.05, 3.63) is 24.3 Å². The minimum Gasteiger partial charge on any atom is -0.394 e. The fraction of sp³-hybridized carbons (Fsp3) is 0.500. The molecule has 112 valence electrons. The summed E-state index contributed by atoms with van der Waals surface area (Å²) in [6, 6.07) is 6.25. The molecule has 2 atom stereocenters. The lowest BCUT2D eigenvalue weighted by atomic mass is 10.0. The third-order valence-electron chi connectivity index (χ3n) is 2.74. The predicted octanol–water partition coefficient (Wildman–Crippen LogP) is 1.95. The van der Waals surface area contributed by atoms with E-state index in [1.807, 2.05) is 13.8 Å². The Labute approximate surface area is 122 Å². The second-order valence-corrected chi connectivity index (χ2v) is 6.47. The Hall–Kier alpha value is -1.40. The van der Waals surface area contributed by atoms with Crippen LogP contribution in [0.2, 0.25) is 0 Å². The summed E-state index contributed by atoms with van der Waals surface area (Å²) in [6.45, 7) is 3.97. The third-order valence-corrected chi connectivity index (χ3v) is 3.65. The number of carbonyl (C=O) groups excluding carboxylic acids is 1. The van der Waals surface area contributed by atoms with Crippen molar-refractivity contribution in [3.8, 4) is 0 Å². The Morgan fingerprint density at radius 2 is 2.10 bits per heavy atom. The first-order valence-electron chi connectivity index (χ1n) is 6.54. The molecule has 2 amide bonds. The van der Waals surface area contributed by atoms with Gasteiger partial charge in [-0.25, -0.2) is 4.79 Å². The molecule has 0 aromatic heterocycles. The zero-order valence-corrected chi connectivity index (χ0v) is 12.9. The molecule has 0 saturated heterocycles. The van der Waals surface area contributed by atoms with Gasteiger partial charge >= 0.3 is 6.03 Å². The summed E-state index contributed by atoms with van der Waals surface area (Å²) in [5, 5.41) is 14.6. The van der Waals surface area contributed by atoms with Crippen LogP contribution in [-0.2, 0) is 10.8 Å². The number of anilines is 1. The molecule has 0 radical (unpaired) electrons. The van der Waals surface area contributed by atoms with Crippen LogP contribution in [0, 0.1) is 5.92 Å². The molecule has 1 aromatic carbocycles. The van der Waals surface area contributed by atoms with E-state index in [-0.39, 0.29) is 18.7 Å². The lowest BCUT2D eigenvalue weighted by Crippen LogP contribution is -2.40. The number of rotatable bonds is 6. The molecule has 0 bridgehead atoms. The summed E-state index contributed by atoms with van der Waals surface area (Å²) < 4.78 is 11.4. The minimum atomic E-state index is -1.09. The van der Waals surface area contributed by atoms with Gasteiger partial charge in [0.05, 0.1) is 12.6 Å². The van der Waals surface area contributed by atoms with Gasteiger partial charge < -0.3 is 15.7 Å². The Morgan fingerprint density at radius 1 is 1.40 bits per heavy atom.